The van der Waals surface area contributed by atoms with Crippen LogP contribution in [0.15, 0.2) is 72.8 Å². The number of carbonyl (C=O) groups is 1. The molecular formula is C29H23F3N4O4. The van der Waals surface area contributed by atoms with Gasteiger partial charge < -0.3 is 20.7 Å². The predicted octanol–water partition coefficient (Wildman–Crippen LogP) is 6.20. The van der Waals surface area contributed by atoms with Crippen LogP contribution in [0.1, 0.15) is 32.7 Å². The summed E-state index contributed by atoms with van der Waals surface area (Å²) in [4.78, 5) is 16.2. The maximum atomic E-state index is 15.2. The summed E-state index contributed by atoms with van der Waals surface area (Å²) in [5.41, 5.74) is -0.775. The standard InChI is InChI=1S/C29H23F3N4O4/c1-16-10-17(2)12-20(11-16)36(40,29(30,31)32)35-23-14-24(28(35)15-33-22-9-4-3-8-21(22)28)34-25(26(23)37)18-6-5-7-19(13-18)27(38)39/h3-14,33,37H,15H2,1-2H3,(H,38,39). The largest absolute Gasteiger partial charge is 0.594 e. The molecule has 2 aliphatic rings. The number of anilines is 2. The molecule has 3 N–H and O–H groups in total. The van der Waals surface area contributed by atoms with Crippen molar-refractivity contribution in [1.29, 1.82) is 0 Å². The van der Waals surface area contributed by atoms with Crippen LogP contribution in [-0.2, 0) is 5.54 Å². The molecule has 40 heavy (non-hydrogen) atoms. The van der Waals surface area contributed by atoms with Crippen molar-refractivity contribution in [2.24, 2.45) is 0 Å². The van der Waals surface area contributed by atoms with Gasteiger partial charge in [-0.15, -0.1) is 17.9 Å². The van der Waals surface area contributed by atoms with Crippen LogP contribution in [0.25, 0.3) is 11.3 Å². The van der Waals surface area contributed by atoms with E-state index < -0.39 is 34.0 Å². The van der Waals surface area contributed by atoms with Gasteiger partial charge in [0.25, 0.3) is 0 Å². The van der Waals surface area contributed by atoms with E-state index in [0.717, 1.165) is 0 Å². The van der Waals surface area contributed by atoms with Crippen molar-refractivity contribution >= 4 is 23.0 Å². The molecule has 2 atom stereocenters. The molecule has 6 rings (SSSR count). The fourth-order valence-corrected chi connectivity index (χ4v) is 5.84. The Morgan fingerprint density at radius 3 is 2.42 bits per heavy atom. The molecule has 11 heteroatoms. The third-order valence-corrected chi connectivity index (χ3v) is 7.46. The number of carboxylic acids is 1. The molecule has 0 aliphatic carbocycles. The van der Waals surface area contributed by atoms with Crippen LogP contribution in [0.2, 0.25) is 0 Å². The maximum absolute atomic E-state index is 15.2. The second-order valence-corrected chi connectivity index (χ2v) is 10.1. The first kappa shape index (κ1) is 25.7. The summed E-state index contributed by atoms with van der Waals surface area (Å²) in [5.74, 6) is -1.89. The van der Waals surface area contributed by atoms with Gasteiger partial charge in [-0.3, -0.25) is 0 Å². The Kier molecular flexibility index (Phi) is 5.42. The molecule has 1 aromatic heterocycles. The predicted molar refractivity (Wildman–Crippen MR) is 144 cm³/mol. The fraction of sp³-hybridized carbons (Fsp3) is 0.172. The molecule has 2 bridgehead atoms. The number of nitrogens with one attached hydrogen (secondary N) is 1. The molecule has 4 aromatic rings. The lowest BCUT2D eigenvalue weighted by Gasteiger charge is -2.53. The van der Waals surface area contributed by atoms with Gasteiger partial charge in [-0.1, -0.05) is 36.4 Å². The number of rotatable bonds is 4. The number of para-hydroxylation sites is 1. The number of nitrogens with zero attached hydrogens (tertiary/aromatic N) is 3. The number of carboxylic acid groups (broad SMARTS) is 1. The van der Waals surface area contributed by atoms with Crippen LogP contribution in [0, 0.1) is 19.1 Å². The molecule has 3 heterocycles. The van der Waals surface area contributed by atoms with E-state index in [2.05, 4.69) is 10.3 Å². The molecular weight excluding hydrogens is 525 g/mol. The minimum Gasteiger partial charge on any atom is -0.594 e. The Morgan fingerprint density at radius 2 is 1.75 bits per heavy atom. The highest BCUT2D eigenvalue weighted by molar-refractivity contribution is 5.91. The van der Waals surface area contributed by atoms with Gasteiger partial charge in [0.2, 0.25) is 0 Å². The number of pyridine rings is 1. The fourth-order valence-electron chi connectivity index (χ4n) is 5.84. The van der Waals surface area contributed by atoms with Crippen molar-refractivity contribution in [2.45, 2.75) is 25.7 Å². The van der Waals surface area contributed by atoms with Crippen molar-refractivity contribution in [3.8, 4) is 17.0 Å². The third-order valence-electron chi connectivity index (χ3n) is 7.46. The van der Waals surface area contributed by atoms with Crippen LogP contribution in [-0.4, -0.2) is 34.0 Å². The zero-order valence-corrected chi connectivity index (χ0v) is 21.3. The normalized spacial score (nSPS) is 18.9. The van der Waals surface area contributed by atoms with Gasteiger partial charge in [0.05, 0.1) is 17.8 Å². The molecule has 8 nitrogen and oxygen atoms in total. The molecule has 0 saturated heterocycles. The molecule has 204 valence electrons. The van der Waals surface area contributed by atoms with Gasteiger partial charge in [0.15, 0.2) is 17.0 Å². The summed E-state index contributed by atoms with van der Waals surface area (Å²) in [6, 6.07) is 17.6. The highest BCUT2D eigenvalue weighted by atomic mass is 19.4. The van der Waals surface area contributed by atoms with Gasteiger partial charge in [0, 0.05) is 28.9 Å². The Bertz CT molecular complexity index is 1690. The highest BCUT2D eigenvalue weighted by Crippen LogP contribution is 2.59. The van der Waals surface area contributed by atoms with Crippen molar-refractivity contribution in [1.82, 2.24) is 9.74 Å². The Hall–Kier alpha value is -4.61. The van der Waals surface area contributed by atoms with E-state index in [1.807, 2.05) is 0 Å². The molecule has 0 saturated carbocycles. The number of benzene rings is 3. The third kappa shape index (κ3) is 3.41. The van der Waals surface area contributed by atoms with E-state index in [0.29, 0.717) is 27.4 Å². The minimum absolute atomic E-state index is 0.0937. The van der Waals surface area contributed by atoms with E-state index >= 15 is 13.2 Å². The van der Waals surface area contributed by atoms with Crippen LogP contribution >= 0.6 is 0 Å². The average molecular weight is 549 g/mol. The number of aromatic nitrogens is 1. The van der Waals surface area contributed by atoms with Crippen molar-refractivity contribution < 1.29 is 28.2 Å². The molecule has 0 amide bonds. The monoisotopic (exact) mass is 548 g/mol. The molecule has 2 aliphatic heterocycles. The van der Waals surface area contributed by atoms with Crippen LogP contribution < -0.4 is 15.1 Å². The Morgan fingerprint density at radius 1 is 1.05 bits per heavy atom. The number of aromatic carboxylic acids is 1. The first-order valence-corrected chi connectivity index (χ1v) is 12.4. The second kappa shape index (κ2) is 8.44. The molecule has 0 fully saturated rings. The summed E-state index contributed by atoms with van der Waals surface area (Å²) >= 11 is 0. The van der Waals surface area contributed by atoms with Gasteiger partial charge >= 0.3 is 12.3 Å². The van der Waals surface area contributed by atoms with Gasteiger partial charge in [-0.05, 0) is 49.2 Å². The lowest BCUT2D eigenvalue weighted by atomic mass is 9.89. The van der Waals surface area contributed by atoms with Crippen molar-refractivity contribution in [3.63, 3.8) is 0 Å². The van der Waals surface area contributed by atoms with Crippen LogP contribution in [0.5, 0.6) is 5.75 Å². The van der Waals surface area contributed by atoms with E-state index in [9.17, 15) is 20.2 Å². The number of aryl methyl sites for hydroxylation is 2. The topological polar surface area (TPSA) is 109 Å². The summed E-state index contributed by atoms with van der Waals surface area (Å²) in [6.07, 6.45) is -5.40. The zero-order chi connectivity index (χ0) is 28.6. The van der Waals surface area contributed by atoms with E-state index in [4.69, 9.17) is 0 Å². The quantitative estimate of drug-likeness (QED) is 0.158. The van der Waals surface area contributed by atoms with E-state index in [-0.39, 0.29) is 34.7 Å². The van der Waals surface area contributed by atoms with Gasteiger partial charge in [0.1, 0.15) is 11.4 Å². The first-order valence-electron chi connectivity index (χ1n) is 12.4. The average Bonchev–Trinajstić information content (AvgIpc) is 3.41. The Labute approximate surface area is 226 Å². The molecule has 3 aromatic carbocycles. The van der Waals surface area contributed by atoms with Gasteiger partial charge in [-0.25, -0.2) is 9.78 Å². The number of quaternary nitrogens is 1. The summed E-state index contributed by atoms with van der Waals surface area (Å²) in [6.45, 7) is 3.08. The smallest absolute Gasteiger partial charge is 0.590 e. The van der Waals surface area contributed by atoms with Crippen molar-refractivity contribution in [2.75, 3.05) is 16.9 Å². The Balaban J connectivity index is 1.70. The number of hydrogen-bond acceptors (Lipinski definition) is 6. The van der Waals surface area contributed by atoms with Gasteiger partial charge in [-0.2, -0.15) is 5.01 Å². The number of alkyl halides is 3. The summed E-state index contributed by atoms with van der Waals surface area (Å²) in [7, 11) is 0. The highest BCUT2D eigenvalue weighted by Gasteiger charge is 2.67. The second-order valence-electron chi connectivity index (χ2n) is 10.1. The number of hydrogen-bond donors (Lipinski definition) is 3. The molecule has 1 spiro atoms. The van der Waals surface area contributed by atoms with Crippen molar-refractivity contribution in [3.05, 3.63) is 106 Å². The van der Waals surface area contributed by atoms with Crippen LogP contribution in [0.3, 0.4) is 0 Å². The van der Waals surface area contributed by atoms with E-state index in [1.54, 1.807) is 44.2 Å². The minimum atomic E-state index is -5.40. The van der Waals surface area contributed by atoms with Crippen LogP contribution in [0.4, 0.5) is 30.2 Å². The number of aromatic hydroxyl groups is 1. The maximum Gasteiger partial charge on any atom is 0.590 e. The number of halogens is 3. The number of fused-ring (bicyclic) bond motifs is 5. The lowest BCUT2D eigenvalue weighted by molar-refractivity contribution is -0.229. The molecule has 2 unspecified atom stereocenters. The SMILES string of the molecule is Cc1cc(C)cc([N+]([O-])(N2c3cc(nc(-c4cccc(C(=O)O)c4)c3O)C23CNc2ccccc23)C(F)(F)F)c1. The van der Waals surface area contributed by atoms with E-state index in [1.165, 1.54) is 42.5 Å². The first-order chi connectivity index (χ1) is 18.9. The zero-order valence-electron chi connectivity index (χ0n) is 21.3. The lowest BCUT2D eigenvalue weighted by Crippen LogP contribution is -2.71. The summed E-state index contributed by atoms with van der Waals surface area (Å²) < 4.78 is 42.8. The molecule has 0 radical (unpaired) electrons. The summed E-state index contributed by atoms with van der Waals surface area (Å²) in [5, 5.41) is 39.4. The number of hydroxylamine groups is 1.